The van der Waals surface area contributed by atoms with Gasteiger partial charge in [0, 0.05) is 18.1 Å². The Labute approximate surface area is 111 Å². The fourth-order valence-corrected chi connectivity index (χ4v) is 2.52. The first-order valence-electron chi connectivity index (χ1n) is 5.91. The van der Waals surface area contributed by atoms with Crippen LogP contribution in [0.1, 0.15) is 0 Å². The van der Waals surface area contributed by atoms with Gasteiger partial charge in [0.15, 0.2) is 0 Å². The summed E-state index contributed by atoms with van der Waals surface area (Å²) in [6.07, 6.45) is 0. The Bertz CT molecular complexity index is 757. The molecule has 0 aliphatic rings. The number of rotatable bonds is 1. The maximum absolute atomic E-state index is 5.55. The number of pyridine rings is 1. The predicted octanol–water partition coefficient (Wildman–Crippen LogP) is 4.57. The predicted molar refractivity (Wildman–Crippen MR) is 79.2 cm³/mol. The third kappa shape index (κ3) is 1.75. The highest BCUT2D eigenvalue weighted by molar-refractivity contribution is 7.71. The number of fused-ring (bicyclic) bond motifs is 1. The second-order valence-corrected chi connectivity index (χ2v) is 4.73. The van der Waals surface area contributed by atoms with Crippen molar-refractivity contribution in [1.82, 2.24) is 4.57 Å². The number of aromatic nitrogens is 1. The molecule has 0 bridgehead atoms. The van der Waals surface area contributed by atoms with Crippen LogP contribution in [0, 0.1) is 4.64 Å². The summed E-state index contributed by atoms with van der Waals surface area (Å²) in [7, 11) is 2.02. The van der Waals surface area contributed by atoms with Gasteiger partial charge in [0.25, 0.3) is 0 Å². The third-order valence-electron chi connectivity index (χ3n) is 3.22. The maximum Gasteiger partial charge on any atom is 0.113 e. The van der Waals surface area contributed by atoms with E-state index in [1.807, 2.05) is 37.4 Å². The fraction of sp³-hybridized carbons (Fsp3) is 0.0625. The van der Waals surface area contributed by atoms with Crippen LogP contribution in [0.4, 0.5) is 0 Å². The summed E-state index contributed by atoms with van der Waals surface area (Å²) in [4.78, 5) is 0. The number of hydrogen-bond acceptors (Lipinski definition) is 1. The molecule has 0 unspecified atom stereocenters. The summed E-state index contributed by atoms with van der Waals surface area (Å²) in [5, 5.41) is 2.33. The molecule has 3 rings (SSSR count). The van der Waals surface area contributed by atoms with E-state index in [1.54, 1.807) is 0 Å². The van der Waals surface area contributed by atoms with Crippen molar-refractivity contribution in [2.75, 3.05) is 0 Å². The summed E-state index contributed by atoms with van der Waals surface area (Å²) < 4.78 is 2.96. The van der Waals surface area contributed by atoms with Crippen LogP contribution in [-0.2, 0) is 7.05 Å². The zero-order valence-corrected chi connectivity index (χ0v) is 10.9. The van der Waals surface area contributed by atoms with Gasteiger partial charge in [0.1, 0.15) is 4.64 Å². The molecule has 0 saturated heterocycles. The van der Waals surface area contributed by atoms with E-state index < -0.39 is 0 Å². The normalized spacial score (nSPS) is 10.7. The van der Waals surface area contributed by atoms with E-state index in [4.69, 9.17) is 12.2 Å². The van der Waals surface area contributed by atoms with E-state index >= 15 is 0 Å². The molecule has 0 amide bonds. The van der Waals surface area contributed by atoms with Gasteiger partial charge >= 0.3 is 0 Å². The highest BCUT2D eigenvalue weighted by atomic mass is 32.1. The van der Waals surface area contributed by atoms with Crippen LogP contribution in [-0.4, -0.2) is 4.57 Å². The summed E-state index contributed by atoms with van der Waals surface area (Å²) in [5.41, 5.74) is 2.34. The van der Waals surface area contributed by atoms with Gasteiger partial charge < -0.3 is 4.57 Å². The summed E-state index contributed by atoms with van der Waals surface area (Å²) >= 11 is 5.55. The number of benzene rings is 2. The van der Waals surface area contributed by atoms with Gasteiger partial charge in [-0.05, 0) is 17.0 Å². The zero-order chi connectivity index (χ0) is 12.5. The topological polar surface area (TPSA) is 4.93 Å². The Morgan fingerprint density at radius 2 is 1.56 bits per heavy atom. The lowest BCUT2D eigenvalue weighted by Crippen LogP contribution is -1.98. The van der Waals surface area contributed by atoms with Crippen molar-refractivity contribution in [3.05, 3.63) is 65.3 Å². The van der Waals surface area contributed by atoms with Crippen molar-refractivity contribution in [3.8, 4) is 11.3 Å². The van der Waals surface area contributed by atoms with Crippen molar-refractivity contribution in [3.63, 3.8) is 0 Å². The van der Waals surface area contributed by atoms with Gasteiger partial charge in [0.05, 0.1) is 0 Å². The lowest BCUT2D eigenvalue weighted by Gasteiger charge is -2.11. The average molecular weight is 251 g/mol. The zero-order valence-electron chi connectivity index (χ0n) is 10.1. The van der Waals surface area contributed by atoms with E-state index in [2.05, 4.69) is 34.9 Å². The molecule has 1 aromatic heterocycles. The molecule has 0 aliphatic carbocycles. The SMILES string of the molecule is Cn1c(-c2ccccc2)cc2ccccc2c1=S. The summed E-state index contributed by atoms with van der Waals surface area (Å²) in [6, 6.07) is 20.8. The van der Waals surface area contributed by atoms with Gasteiger partial charge in [-0.25, -0.2) is 0 Å². The van der Waals surface area contributed by atoms with Gasteiger partial charge in [-0.3, -0.25) is 0 Å². The van der Waals surface area contributed by atoms with E-state index in [-0.39, 0.29) is 0 Å². The smallest absolute Gasteiger partial charge is 0.113 e. The van der Waals surface area contributed by atoms with Crippen molar-refractivity contribution in [1.29, 1.82) is 0 Å². The molecule has 0 aliphatic heterocycles. The molecule has 2 aromatic carbocycles. The van der Waals surface area contributed by atoms with Crippen LogP contribution >= 0.6 is 12.2 Å². The molecule has 0 atom stereocenters. The van der Waals surface area contributed by atoms with Crippen molar-refractivity contribution >= 4 is 23.0 Å². The molecular formula is C16H13NS. The minimum atomic E-state index is 0.881. The average Bonchev–Trinajstić information content (AvgIpc) is 2.44. The number of nitrogens with zero attached hydrogens (tertiary/aromatic N) is 1. The molecule has 0 N–H and O–H groups in total. The molecule has 0 fully saturated rings. The van der Waals surface area contributed by atoms with Crippen LogP contribution in [0.5, 0.6) is 0 Å². The Balaban J connectivity index is 2.38. The van der Waals surface area contributed by atoms with Crippen molar-refractivity contribution < 1.29 is 0 Å². The van der Waals surface area contributed by atoms with Gasteiger partial charge in [0.2, 0.25) is 0 Å². The van der Waals surface area contributed by atoms with Gasteiger partial charge in [-0.2, -0.15) is 0 Å². The Kier molecular flexibility index (Phi) is 2.73. The van der Waals surface area contributed by atoms with E-state index in [0.29, 0.717) is 0 Å². The van der Waals surface area contributed by atoms with E-state index in [9.17, 15) is 0 Å². The molecule has 1 heterocycles. The van der Waals surface area contributed by atoms with Crippen LogP contribution in [0.25, 0.3) is 22.0 Å². The molecule has 88 valence electrons. The Hall–Kier alpha value is -1.93. The standard InChI is InChI=1S/C16H13NS/c1-17-15(12-7-3-2-4-8-12)11-13-9-5-6-10-14(13)16(17)18/h2-11H,1H3. The molecular weight excluding hydrogens is 238 g/mol. The van der Waals surface area contributed by atoms with Crippen LogP contribution in [0.3, 0.4) is 0 Å². The van der Waals surface area contributed by atoms with E-state index in [0.717, 1.165) is 15.7 Å². The van der Waals surface area contributed by atoms with E-state index in [1.165, 1.54) is 10.9 Å². The summed E-state index contributed by atoms with van der Waals surface area (Å²) in [5.74, 6) is 0. The molecule has 0 radical (unpaired) electrons. The molecule has 3 aromatic rings. The number of hydrogen-bond donors (Lipinski definition) is 0. The molecule has 0 saturated carbocycles. The largest absolute Gasteiger partial charge is 0.335 e. The molecule has 0 spiro atoms. The monoisotopic (exact) mass is 251 g/mol. The maximum atomic E-state index is 5.55. The van der Waals surface area contributed by atoms with Crippen molar-refractivity contribution in [2.24, 2.45) is 7.05 Å². The molecule has 18 heavy (non-hydrogen) atoms. The highest BCUT2D eigenvalue weighted by Gasteiger charge is 2.05. The lowest BCUT2D eigenvalue weighted by atomic mass is 10.1. The minimum absolute atomic E-state index is 0.881. The first-order valence-corrected chi connectivity index (χ1v) is 6.32. The second-order valence-electron chi connectivity index (χ2n) is 4.35. The Morgan fingerprint density at radius 3 is 2.33 bits per heavy atom. The molecule has 1 nitrogen and oxygen atoms in total. The van der Waals surface area contributed by atoms with Gasteiger partial charge in [-0.15, -0.1) is 0 Å². The third-order valence-corrected chi connectivity index (χ3v) is 3.71. The molecule has 2 heteroatoms. The lowest BCUT2D eigenvalue weighted by molar-refractivity contribution is 0.909. The second kappa shape index (κ2) is 4.39. The Morgan fingerprint density at radius 1 is 0.889 bits per heavy atom. The first-order chi connectivity index (χ1) is 8.77. The first kappa shape index (κ1) is 11.2. The summed E-state index contributed by atoms with van der Waals surface area (Å²) in [6.45, 7) is 0. The highest BCUT2D eigenvalue weighted by Crippen LogP contribution is 2.24. The minimum Gasteiger partial charge on any atom is -0.335 e. The quantitative estimate of drug-likeness (QED) is 0.573. The van der Waals surface area contributed by atoms with Gasteiger partial charge in [-0.1, -0.05) is 66.8 Å². The van der Waals surface area contributed by atoms with Crippen LogP contribution in [0.15, 0.2) is 60.7 Å². The fourth-order valence-electron chi connectivity index (χ4n) is 2.24. The van der Waals surface area contributed by atoms with Crippen molar-refractivity contribution in [2.45, 2.75) is 0 Å². The van der Waals surface area contributed by atoms with Crippen LogP contribution < -0.4 is 0 Å². The van der Waals surface area contributed by atoms with Crippen LogP contribution in [0.2, 0.25) is 0 Å².